The Labute approximate surface area is 150 Å². The Kier molecular flexibility index (Phi) is 4.27. The summed E-state index contributed by atoms with van der Waals surface area (Å²) in [6, 6.07) is 14.7. The Balaban J connectivity index is 1.36. The van der Waals surface area contributed by atoms with Crippen molar-refractivity contribution < 1.29 is 23.7 Å². The van der Waals surface area contributed by atoms with Crippen molar-refractivity contribution in [3.8, 4) is 23.0 Å². The van der Waals surface area contributed by atoms with Gasteiger partial charge >= 0.3 is 0 Å². The van der Waals surface area contributed by atoms with Crippen molar-refractivity contribution in [3.05, 3.63) is 60.0 Å². The summed E-state index contributed by atoms with van der Waals surface area (Å²) in [5.74, 6) is 2.77. The normalized spacial score (nSPS) is 19.3. The maximum atomic E-state index is 12.3. The molecule has 4 rings (SSSR count). The van der Waals surface area contributed by atoms with Crippen LogP contribution in [0.4, 0.5) is 0 Å². The highest BCUT2D eigenvalue weighted by molar-refractivity contribution is 5.81. The van der Waals surface area contributed by atoms with Crippen LogP contribution in [0.25, 0.3) is 0 Å². The zero-order valence-corrected chi connectivity index (χ0v) is 14.2. The number of carbonyl (C=O) groups is 1. The van der Waals surface area contributed by atoms with Gasteiger partial charge in [0.2, 0.25) is 6.10 Å². The second kappa shape index (κ2) is 6.87. The van der Waals surface area contributed by atoms with Crippen molar-refractivity contribution in [1.82, 2.24) is 10.9 Å². The van der Waals surface area contributed by atoms with Crippen LogP contribution in [0.1, 0.15) is 6.92 Å². The lowest BCUT2D eigenvalue weighted by atomic mass is 10.2. The van der Waals surface area contributed by atoms with Crippen LogP contribution in [0, 0.1) is 0 Å². The topological polar surface area (TPSA) is 78.1 Å². The Morgan fingerprint density at radius 3 is 2.35 bits per heavy atom. The smallest absolute Gasteiger partial charge is 0.282 e. The summed E-state index contributed by atoms with van der Waals surface area (Å²) in [4.78, 5) is 12.3. The number of rotatable bonds is 3. The summed E-state index contributed by atoms with van der Waals surface area (Å²) in [5.41, 5.74) is 6.10. The first-order valence-corrected chi connectivity index (χ1v) is 8.24. The second-order valence-electron chi connectivity index (χ2n) is 5.86. The van der Waals surface area contributed by atoms with E-state index in [0.29, 0.717) is 34.5 Å². The highest BCUT2D eigenvalue weighted by Crippen LogP contribution is 2.33. The third kappa shape index (κ3) is 3.23. The zero-order chi connectivity index (χ0) is 17.9. The standard InChI is InChI=1S/C19H18N2O5/c1-12(17-10-23-13-6-2-4-8-15(13)25-17)20-21-19(22)18-11-24-14-7-3-5-9-16(14)26-18/h2-9,18,20H,10-11H2,1H3,(H,21,22)/b17-12-/t18-/m0/s1. The van der Waals surface area contributed by atoms with E-state index in [0.717, 1.165) is 0 Å². The van der Waals surface area contributed by atoms with Crippen molar-refractivity contribution in [2.75, 3.05) is 13.2 Å². The zero-order valence-electron chi connectivity index (χ0n) is 14.2. The van der Waals surface area contributed by atoms with Gasteiger partial charge in [-0.25, -0.2) is 0 Å². The van der Waals surface area contributed by atoms with E-state index in [4.69, 9.17) is 18.9 Å². The van der Waals surface area contributed by atoms with Gasteiger partial charge in [-0.1, -0.05) is 24.3 Å². The van der Waals surface area contributed by atoms with Crippen molar-refractivity contribution in [1.29, 1.82) is 0 Å². The van der Waals surface area contributed by atoms with Crippen LogP contribution < -0.4 is 29.8 Å². The average molecular weight is 354 g/mol. The van der Waals surface area contributed by atoms with Gasteiger partial charge in [-0.3, -0.25) is 15.6 Å². The lowest BCUT2D eigenvalue weighted by Crippen LogP contribution is -2.49. The molecule has 0 saturated carbocycles. The quantitative estimate of drug-likeness (QED) is 0.823. The fourth-order valence-corrected chi connectivity index (χ4v) is 2.60. The van der Waals surface area contributed by atoms with Gasteiger partial charge in [-0.15, -0.1) is 0 Å². The number of ether oxygens (including phenoxy) is 4. The molecule has 0 radical (unpaired) electrons. The number of hydrazine groups is 1. The summed E-state index contributed by atoms with van der Waals surface area (Å²) in [6.45, 7) is 2.22. The molecular formula is C19H18N2O5. The lowest BCUT2D eigenvalue weighted by molar-refractivity contribution is -0.131. The fraction of sp³-hybridized carbons (Fsp3) is 0.211. The van der Waals surface area contributed by atoms with Gasteiger partial charge in [0.1, 0.15) is 13.2 Å². The Morgan fingerprint density at radius 2 is 1.58 bits per heavy atom. The van der Waals surface area contributed by atoms with Gasteiger partial charge in [0.05, 0.1) is 5.70 Å². The molecule has 0 fully saturated rings. The van der Waals surface area contributed by atoms with Crippen molar-refractivity contribution in [3.63, 3.8) is 0 Å². The average Bonchev–Trinajstić information content (AvgIpc) is 2.71. The maximum Gasteiger partial charge on any atom is 0.282 e. The number of amides is 1. The molecule has 0 bridgehead atoms. The molecule has 134 valence electrons. The monoisotopic (exact) mass is 354 g/mol. The van der Waals surface area contributed by atoms with E-state index >= 15 is 0 Å². The largest absolute Gasteiger partial charge is 0.485 e. The van der Waals surface area contributed by atoms with Gasteiger partial charge in [0, 0.05) is 0 Å². The molecule has 0 unspecified atom stereocenters. The van der Waals surface area contributed by atoms with E-state index in [1.54, 1.807) is 19.1 Å². The van der Waals surface area contributed by atoms with Crippen LogP contribution in [0.5, 0.6) is 23.0 Å². The molecule has 1 amide bonds. The molecule has 2 aromatic rings. The predicted molar refractivity (Wildman–Crippen MR) is 92.9 cm³/mol. The van der Waals surface area contributed by atoms with E-state index in [-0.39, 0.29) is 19.1 Å². The minimum atomic E-state index is -0.737. The molecule has 7 nitrogen and oxygen atoms in total. The molecular weight excluding hydrogens is 336 g/mol. The summed E-state index contributed by atoms with van der Waals surface area (Å²) < 4.78 is 22.7. The Bertz CT molecular complexity index is 865. The van der Waals surface area contributed by atoms with Gasteiger partial charge < -0.3 is 18.9 Å². The number of benzene rings is 2. The SMILES string of the molecule is C/C(NNC(=O)[C@@H]1COc2ccccc2O1)=C1\COc2ccccc2O1. The molecule has 2 N–H and O–H groups in total. The minimum Gasteiger partial charge on any atom is -0.485 e. The van der Waals surface area contributed by atoms with E-state index in [9.17, 15) is 4.79 Å². The minimum absolute atomic E-state index is 0.146. The van der Waals surface area contributed by atoms with E-state index in [1.807, 2.05) is 36.4 Å². The van der Waals surface area contributed by atoms with E-state index in [1.165, 1.54) is 0 Å². The van der Waals surface area contributed by atoms with Crippen molar-refractivity contribution in [2.45, 2.75) is 13.0 Å². The first-order chi connectivity index (χ1) is 12.7. The first-order valence-electron chi connectivity index (χ1n) is 8.24. The molecule has 2 heterocycles. The molecule has 0 spiro atoms. The van der Waals surface area contributed by atoms with Gasteiger partial charge in [-0.2, -0.15) is 0 Å². The van der Waals surface area contributed by atoms with Gasteiger partial charge in [0.25, 0.3) is 5.91 Å². The highest BCUT2D eigenvalue weighted by atomic mass is 16.6. The summed E-state index contributed by atoms with van der Waals surface area (Å²) in [7, 11) is 0. The predicted octanol–water partition coefficient (Wildman–Crippen LogP) is 2.15. The summed E-state index contributed by atoms with van der Waals surface area (Å²) in [6.07, 6.45) is -0.737. The molecule has 1 atom stereocenters. The van der Waals surface area contributed by atoms with Gasteiger partial charge in [0.15, 0.2) is 28.8 Å². The number of fused-ring (bicyclic) bond motifs is 2. The fourth-order valence-electron chi connectivity index (χ4n) is 2.60. The maximum absolute atomic E-state index is 12.3. The first kappa shape index (κ1) is 16.1. The Hall–Kier alpha value is -3.35. The van der Waals surface area contributed by atoms with Crippen LogP contribution in [0.2, 0.25) is 0 Å². The summed E-state index contributed by atoms with van der Waals surface area (Å²) in [5, 5.41) is 0. The molecule has 7 heteroatoms. The second-order valence-corrected chi connectivity index (χ2v) is 5.86. The number of hydrogen-bond acceptors (Lipinski definition) is 6. The van der Waals surface area contributed by atoms with Crippen LogP contribution in [-0.4, -0.2) is 25.2 Å². The number of allylic oxidation sites excluding steroid dienone is 1. The third-order valence-corrected chi connectivity index (χ3v) is 4.03. The van der Waals surface area contributed by atoms with Gasteiger partial charge in [-0.05, 0) is 31.2 Å². The summed E-state index contributed by atoms with van der Waals surface area (Å²) >= 11 is 0. The van der Waals surface area contributed by atoms with Crippen molar-refractivity contribution in [2.24, 2.45) is 0 Å². The van der Waals surface area contributed by atoms with Crippen LogP contribution in [0.3, 0.4) is 0 Å². The number of nitrogens with one attached hydrogen (secondary N) is 2. The number of carbonyl (C=O) groups excluding carboxylic acids is 1. The number of hydrogen-bond donors (Lipinski definition) is 2. The van der Waals surface area contributed by atoms with Crippen LogP contribution in [-0.2, 0) is 4.79 Å². The molecule has 2 aliphatic rings. The number of para-hydroxylation sites is 4. The third-order valence-electron chi connectivity index (χ3n) is 4.03. The molecule has 2 aromatic carbocycles. The lowest BCUT2D eigenvalue weighted by Gasteiger charge is -2.26. The molecule has 0 aromatic heterocycles. The molecule has 0 aliphatic carbocycles. The van der Waals surface area contributed by atoms with E-state index < -0.39 is 6.10 Å². The molecule has 2 aliphatic heterocycles. The van der Waals surface area contributed by atoms with E-state index in [2.05, 4.69) is 10.9 Å². The molecule has 0 saturated heterocycles. The van der Waals surface area contributed by atoms with Crippen LogP contribution in [0.15, 0.2) is 60.0 Å². The van der Waals surface area contributed by atoms with Crippen LogP contribution >= 0.6 is 0 Å². The highest BCUT2D eigenvalue weighted by Gasteiger charge is 2.27. The van der Waals surface area contributed by atoms with Crippen molar-refractivity contribution >= 4 is 5.91 Å². The Morgan fingerprint density at radius 1 is 0.923 bits per heavy atom. The molecule has 26 heavy (non-hydrogen) atoms.